The molecule has 0 unspecified atom stereocenters. The molecule has 158 valence electrons. The minimum atomic E-state index is -4.43. The number of hydrogen-bond acceptors (Lipinski definition) is 3. The van der Waals surface area contributed by atoms with Gasteiger partial charge in [-0.05, 0) is 41.0 Å². The quantitative estimate of drug-likeness (QED) is 0.497. The molecule has 0 saturated carbocycles. The van der Waals surface area contributed by atoms with E-state index < -0.39 is 17.7 Å². The third-order valence-electron chi connectivity index (χ3n) is 4.66. The Labute approximate surface area is 172 Å². The van der Waals surface area contributed by atoms with Gasteiger partial charge in [-0.2, -0.15) is 13.2 Å². The normalized spacial score (nSPS) is 16.3. The van der Waals surface area contributed by atoms with Gasteiger partial charge >= 0.3 is 12.1 Å². The van der Waals surface area contributed by atoms with Crippen molar-refractivity contribution in [1.29, 1.82) is 0 Å². The van der Waals surface area contributed by atoms with Crippen LogP contribution in [0.4, 0.5) is 13.2 Å². The Hall–Kier alpha value is -3.06. The number of hydrogen-bond donors (Lipinski definition) is 1. The van der Waals surface area contributed by atoms with E-state index in [1.165, 1.54) is 18.2 Å². The maximum absolute atomic E-state index is 12.9. The number of carbonyl (C=O) groups is 1. The standard InChI is InChI=1S/C23H21F3O4/c1-22(13-29-14-22)15-30-19-5-2-4-17(12-19)20(6-3-7-21(27)28)16-8-10-18(11-9-16)23(24,25)26/h2-12H,13-15H2,1H3,(H,27,28)/b7-3+,20-6+. The van der Waals surface area contributed by atoms with E-state index >= 15 is 0 Å². The Kier molecular flexibility index (Phi) is 6.31. The van der Waals surface area contributed by atoms with Gasteiger partial charge in [-0.1, -0.05) is 43.3 Å². The van der Waals surface area contributed by atoms with Crippen LogP contribution in [0.3, 0.4) is 0 Å². The molecular formula is C23H21F3O4. The molecule has 0 aromatic heterocycles. The molecule has 1 aliphatic heterocycles. The number of aliphatic carboxylic acids is 1. The Balaban J connectivity index is 1.90. The summed E-state index contributed by atoms with van der Waals surface area (Å²) in [7, 11) is 0. The monoisotopic (exact) mass is 418 g/mol. The van der Waals surface area contributed by atoms with E-state index in [-0.39, 0.29) is 5.41 Å². The Morgan fingerprint density at radius 3 is 2.43 bits per heavy atom. The average molecular weight is 418 g/mol. The summed E-state index contributed by atoms with van der Waals surface area (Å²) >= 11 is 0. The zero-order valence-corrected chi connectivity index (χ0v) is 16.3. The SMILES string of the molecule is CC1(COc2cccc(/C(=C/C=C/C(=O)O)c3ccc(C(F)(F)F)cc3)c2)COC1. The van der Waals surface area contributed by atoms with Crippen molar-refractivity contribution in [3.63, 3.8) is 0 Å². The zero-order chi connectivity index (χ0) is 21.8. The van der Waals surface area contributed by atoms with E-state index in [0.29, 0.717) is 42.3 Å². The Morgan fingerprint density at radius 2 is 1.87 bits per heavy atom. The fourth-order valence-electron chi connectivity index (χ4n) is 2.97. The van der Waals surface area contributed by atoms with Crippen molar-refractivity contribution in [2.24, 2.45) is 5.41 Å². The molecule has 0 spiro atoms. The summed E-state index contributed by atoms with van der Waals surface area (Å²) in [5.74, 6) is -0.508. The van der Waals surface area contributed by atoms with Crippen molar-refractivity contribution in [2.45, 2.75) is 13.1 Å². The number of allylic oxidation sites excluding steroid dienone is 2. The van der Waals surface area contributed by atoms with E-state index in [1.54, 1.807) is 30.3 Å². The van der Waals surface area contributed by atoms with E-state index in [4.69, 9.17) is 14.6 Å². The highest BCUT2D eigenvalue weighted by molar-refractivity contribution is 5.84. The molecule has 0 atom stereocenters. The molecular weight excluding hydrogens is 397 g/mol. The molecule has 30 heavy (non-hydrogen) atoms. The van der Waals surface area contributed by atoms with Gasteiger partial charge in [-0.3, -0.25) is 0 Å². The van der Waals surface area contributed by atoms with Crippen LogP contribution >= 0.6 is 0 Å². The molecule has 0 amide bonds. The van der Waals surface area contributed by atoms with Crippen molar-refractivity contribution < 1.29 is 32.5 Å². The van der Waals surface area contributed by atoms with E-state index in [1.807, 2.05) is 0 Å². The maximum atomic E-state index is 12.9. The van der Waals surface area contributed by atoms with E-state index in [2.05, 4.69) is 6.92 Å². The maximum Gasteiger partial charge on any atom is 0.416 e. The molecule has 0 radical (unpaired) electrons. The van der Waals surface area contributed by atoms with Crippen LogP contribution in [0, 0.1) is 5.41 Å². The molecule has 4 nitrogen and oxygen atoms in total. The van der Waals surface area contributed by atoms with Crippen LogP contribution in [0.5, 0.6) is 5.75 Å². The molecule has 1 heterocycles. The summed E-state index contributed by atoms with van der Waals surface area (Å²) in [6, 6.07) is 11.9. The van der Waals surface area contributed by atoms with Gasteiger partial charge in [0.25, 0.3) is 0 Å². The smallest absolute Gasteiger partial charge is 0.416 e. The first-order valence-corrected chi connectivity index (χ1v) is 9.26. The summed E-state index contributed by atoms with van der Waals surface area (Å²) in [5, 5.41) is 8.84. The lowest BCUT2D eigenvalue weighted by Gasteiger charge is -2.37. The van der Waals surface area contributed by atoms with Gasteiger partial charge in [0.2, 0.25) is 0 Å². The number of rotatable bonds is 7. The van der Waals surface area contributed by atoms with Crippen molar-refractivity contribution >= 4 is 11.5 Å². The summed E-state index contributed by atoms with van der Waals surface area (Å²) in [5.41, 5.74) is 1.00. The molecule has 2 aromatic carbocycles. The second-order valence-electron chi connectivity index (χ2n) is 7.47. The molecule has 0 aliphatic carbocycles. The van der Waals surface area contributed by atoms with Crippen molar-refractivity contribution in [1.82, 2.24) is 0 Å². The lowest BCUT2D eigenvalue weighted by atomic mass is 9.90. The van der Waals surface area contributed by atoms with Crippen LogP contribution in [0.25, 0.3) is 5.57 Å². The summed E-state index contributed by atoms with van der Waals surface area (Å²) in [4.78, 5) is 10.8. The van der Waals surface area contributed by atoms with Crippen LogP contribution in [0.15, 0.2) is 66.8 Å². The van der Waals surface area contributed by atoms with Crippen molar-refractivity contribution in [2.75, 3.05) is 19.8 Å². The first-order valence-electron chi connectivity index (χ1n) is 9.26. The van der Waals surface area contributed by atoms with Gasteiger partial charge in [0, 0.05) is 11.5 Å². The summed E-state index contributed by atoms with van der Waals surface area (Å²) < 4.78 is 49.8. The second kappa shape index (κ2) is 8.75. The minimum absolute atomic E-state index is 0.0354. The Bertz CT molecular complexity index is 955. The van der Waals surface area contributed by atoms with Crippen LogP contribution in [0.1, 0.15) is 23.6 Å². The van der Waals surface area contributed by atoms with Gasteiger partial charge in [-0.25, -0.2) is 4.79 Å². The molecule has 1 fully saturated rings. The molecule has 2 aromatic rings. The second-order valence-corrected chi connectivity index (χ2v) is 7.47. The highest BCUT2D eigenvalue weighted by Crippen LogP contribution is 2.33. The topological polar surface area (TPSA) is 55.8 Å². The van der Waals surface area contributed by atoms with Gasteiger partial charge in [-0.15, -0.1) is 0 Å². The molecule has 1 saturated heterocycles. The van der Waals surface area contributed by atoms with Gasteiger partial charge in [0.1, 0.15) is 5.75 Å². The third kappa shape index (κ3) is 5.51. The van der Waals surface area contributed by atoms with Gasteiger partial charge in [0.05, 0.1) is 25.4 Å². The molecule has 3 rings (SSSR count). The zero-order valence-electron chi connectivity index (χ0n) is 16.3. The molecule has 1 aliphatic rings. The predicted molar refractivity (Wildman–Crippen MR) is 106 cm³/mol. The molecule has 1 N–H and O–H groups in total. The average Bonchev–Trinajstić information content (AvgIpc) is 2.68. The fourth-order valence-corrected chi connectivity index (χ4v) is 2.97. The largest absolute Gasteiger partial charge is 0.493 e. The number of carboxylic acid groups (broad SMARTS) is 1. The number of carboxylic acids is 1. The lowest BCUT2D eigenvalue weighted by molar-refractivity contribution is -0.137. The van der Waals surface area contributed by atoms with Crippen LogP contribution in [0.2, 0.25) is 0 Å². The third-order valence-corrected chi connectivity index (χ3v) is 4.66. The predicted octanol–water partition coefficient (Wildman–Crippen LogP) is 5.19. The van der Waals surface area contributed by atoms with E-state index in [9.17, 15) is 18.0 Å². The summed E-state index contributed by atoms with van der Waals surface area (Å²) in [6.45, 7) is 3.80. The van der Waals surface area contributed by atoms with Gasteiger partial charge < -0.3 is 14.6 Å². The highest BCUT2D eigenvalue weighted by Gasteiger charge is 2.34. The molecule has 0 bridgehead atoms. The summed E-state index contributed by atoms with van der Waals surface area (Å²) in [6.07, 6.45) is -0.574. The first kappa shape index (κ1) is 21.6. The lowest BCUT2D eigenvalue weighted by Crippen LogP contribution is -2.44. The minimum Gasteiger partial charge on any atom is -0.493 e. The van der Waals surface area contributed by atoms with Crippen LogP contribution in [-0.2, 0) is 15.7 Å². The van der Waals surface area contributed by atoms with Crippen LogP contribution < -0.4 is 4.74 Å². The fraction of sp³-hybridized carbons (Fsp3) is 0.261. The van der Waals surface area contributed by atoms with Crippen LogP contribution in [-0.4, -0.2) is 30.9 Å². The van der Waals surface area contributed by atoms with Crippen molar-refractivity contribution in [3.05, 3.63) is 83.4 Å². The Morgan fingerprint density at radius 1 is 1.17 bits per heavy atom. The van der Waals surface area contributed by atoms with E-state index in [0.717, 1.165) is 18.2 Å². The number of halogens is 3. The number of alkyl halides is 3. The van der Waals surface area contributed by atoms with Crippen molar-refractivity contribution in [3.8, 4) is 5.75 Å². The molecule has 7 heteroatoms. The highest BCUT2D eigenvalue weighted by atomic mass is 19.4. The first-order chi connectivity index (χ1) is 14.2. The number of ether oxygens (including phenoxy) is 2. The number of benzene rings is 2. The van der Waals surface area contributed by atoms with Gasteiger partial charge in [0.15, 0.2) is 0 Å².